The Kier molecular flexibility index (Phi) is 12.5. The van der Waals surface area contributed by atoms with Crippen molar-refractivity contribution in [1.82, 2.24) is 40.4 Å². The smallest absolute Gasteiger partial charge is 0.407 e. The standard InChI is InChI=1S/C47H58N8O6/c1-25(2)40(52-46(58)60-8)44(56)54-23-27(5)18-38(54)42-48-22-37(51-42)33-16-12-31(13-17-33)30-10-14-32(15-11-30)34-21-36-35(20-29(34)7)49-43(50-36)39-19-28(6)24-55(39)45(57)41(26(3)4)53-47(59)61-9/h10-17,20-22,25-28,38-41H,18-19,23-24H2,1-9H3,(H,48,51)(H,49,50)(H,52,58)(H,53,59)/t27-,28-,38-,39-,40-,41-/m0/s1. The number of benzene rings is 3. The first-order valence-corrected chi connectivity index (χ1v) is 21.2. The topological polar surface area (TPSA) is 175 Å². The molecule has 0 aliphatic carbocycles. The molecule has 14 heteroatoms. The maximum absolute atomic E-state index is 13.8. The first-order valence-electron chi connectivity index (χ1n) is 21.2. The van der Waals surface area contributed by atoms with E-state index in [4.69, 9.17) is 19.4 Å². The van der Waals surface area contributed by atoms with E-state index in [1.807, 2.05) is 43.7 Å². The van der Waals surface area contributed by atoms with E-state index in [-0.39, 0.29) is 47.6 Å². The van der Waals surface area contributed by atoms with Gasteiger partial charge in [-0.2, -0.15) is 0 Å². The SMILES string of the molecule is COC(=O)N[C@H](C(=O)N1C[C@@H](C)C[C@H]1c1ncc(-c2ccc(-c3ccc(-c4cc5nc([C@@H]6C[C@H](C)CN6C(=O)[C@@H](NC(=O)OC)C(C)C)[nH]c5cc4C)cc3)cc2)[nH]1)C(C)C. The van der Waals surface area contributed by atoms with Gasteiger partial charge in [0.1, 0.15) is 23.7 Å². The highest BCUT2D eigenvalue weighted by atomic mass is 16.5. The van der Waals surface area contributed by atoms with Crippen LogP contribution in [0.5, 0.6) is 0 Å². The van der Waals surface area contributed by atoms with Crippen LogP contribution in [0.4, 0.5) is 9.59 Å². The lowest BCUT2D eigenvalue weighted by atomic mass is 9.96. The van der Waals surface area contributed by atoms with Crippen LogP contribution in [0.3, 0.4) is 0 Å². The molecule has 0 unspecified atom stereocenters. The Bertz CT molecular complexity index is 2390. The van der Waals surface area contributed by atoms with Crippen molar-refractivity contribution >= 4 is 35.0 Å². The summed E-state index contributed by atoms with van der Waals surface area (Å²) in [6, 6.07) is 19.2. The Labute approximate surface area is 357 Å². The number of ether oxygens (including phenoxy) is 2. The zero-order valence-corrected chi connectivity index (χ0v) is 36.5. The van der Waals surface area contributed by atoms with Crippen molar-refractivity contribution < 1.29 is 28.7 Å². The molecule has 2 aliphatic rings. The molecular weight excluding hydrogens is 773 g/mol. The minimum Gasteiger partial charge on any atom is -0.453 e. The molecule has 4 amide bonds. The van der Waals surface area contributed by atoms with Crippen LogP contribution in [-0.4, -0.2) is 93.1 Å². The molecule has 61 heavy (non-hydrogen) atoms. The second-order valence-electron chi connectivity index (χ2n) is 17.6. The van der Waals surface area contributed by atoms with Gasteiger partial charge in [0.25, 0.3) is 0 Å². The lowest BCUT2D eigenvalue weighted by Gasteiger charge is -2.30. The highest BCUT2D eigenvalue weighted by Crippen LogP contribution is 2.38. The molecule has 2 aromatic heterocycles. The molecule has 322 valence electrons. The molecule has 4 N–H and O–H groups in total. The van der Waals surface area contributed by atoms with Crippen LogP contribution in [-0.2, 0) is 19.1 Å². The van der Waals surface area contributed by atoms with Crippen LogP contribution < -0.4 is 10.6 Å². The second kappa shape index (κ2) is 17.8. The van der Waals surface area contributed by atoms with Gasteiger partial charge in [-0.15, -0.1) is 0 Å². The predicted octanol–water partition coefficient (Wildman–Crippen LogP) is 8.18. The Morgan fingerprint density at radius 3 is 1.66 bits per heavy atom. The number of fused-ring (bicyclic) bond motifs is 1. The van der Waals surface area contributed by atoms with Crippen molar-refractivity contribution in [2.75, 3.05) is 27.3 Å². The van der Waals surface area contributed by atoms with Crippen molar-refractivity contribution in [3.8, 4) is 33.5 Å². The van der Waals surface area contributed by atoms with Crippen molar-refractivity contribution in [3.63, 3.8) is 0 Å². The Morgan fingerprint density at radius 1 is 0.689 bits per heavy atom. The molecule has 2 saturated heterocycles. The average Bonchev–Trinajstić information content (AvgIpc) is 4.06. The number of imidazole rings is 2. The molecule has 0 bridgehead atoms. The van der Waals surface area contributed by atoms with Crippen molar-refractivity contribution in [3.05, 3.63) is 84.1 Å². The summed E-state index contributed by atoms with van der Waals surface area (Å²) in [5, 5.41) is 5.45. The van der Waals surface area contributed by atoms with Gasteiger partial charge in [-0.25, -0.2) is 19.6 Å². The van der Waals surface area contributed by atoms with Gasteiger partial charge in [-0.1, -0.05) is 90.1 Å². The Hall–Kier alpha value is -6.18. The second-order valence-corrected chi connectivity index (χ2v) is 17.6. The number of amides is 4. The maximum atomic E-state index is 13.8. The average molecular weight is 831 g/mol. The summed E-state index contributed by atoms with van der Waals surface area (Å²) < 4.78 is 9.59. The minimum absolute atomic E-state index is 0.114. The molecule has 7 rings (SSSR count). The molecule has 0 radical (unpaired) electrons. The molecule has 4 heterocycles. The number of methoxy groups -OCH3 is 2. The third-order valence-corrected chi connectivity index (χ3v) is 12.2. The lowest BCUT2D eigenvalue weighted by molar-refractivity contribution is -0.136. The molecule has 3 aromatic carbocycles. The number of carbonyl (C=O) groups is 4. The van der Waals surface area contributed by atoms with Gasteiger partial charge >= 0.3 is 12.2 Å². The molecule has 6 atom stereocenters. The summed E-state index contributed by atoms with van der Waals surface area (Å²) in [7, 11) is 2.59. The van der Waals surface area contributed by atoms with Crippen LogP contribution in [0.2, 0.25) is 0 Å². The van der Waals surface area contributed by atoms with E-state index in [0.717, 1.165) is 74.6 Å². The van der Waals surface area contributed by atoms with Gasteiger partial charge in [-0.3, -0.25) is 9.59 Å². The highest BCUT2D eigenvalue weighted by Gasteiger charge is 2.41. The number of H-pyrrole nitrogens is 2. The molecule has 0 spiro atoms. The quantitative estimate of drug-likeness (QED) is 0.103. The van der Waals surface area contributed by atoms with Gasteiger partial charge in [0.05, 0.1) is 49.2 Å². The third kappa shape index (κ3) is 8.99. The highest BCUT2D eigenvalue weighted by molar-refractivity contribution is 5.88. The number of carbonyl (C=O) groups excluding carboxylic acids is 4. The number of likely N-dealkylation sites (tertiary alicyclic amines) is 2. The van der Waals surface area contributed by atoms with E-state index in [1.165, 1.54) is 14.2 Å². The first kappa shape index (κ1) is 42.9. The number of hydrogen-bond acceptors (Lipinski definition) is 8. The number of nitrogens with one attached hydrogen (secondary N) is 4. The van der Waals surface area contributed by atoms with Crippen molar-refractivity contribution in [1.29, 1.82) is 0 Å². The van der Waals surface area contributed by atoms with Gasteiger partial charge < -0.3 is 39.9 Å². The maximum Gasteiger partial charge on any atom is 0.407 e. The number of nitrogens with zero attached hydrogens (tertiary/aromatic N) is 4. The van der Waals surface area contributed by atoms with Gasteiger partial charge in [0, 0.05) is 13.1 Å². The van der Waals surface area contributed by atoms with E-state index >= 15 is 0 Å². The molecule has 5 aromatic rings. The predicted molar refractivity (Wildman–Crippen MR) is 234 cm³/mol. The summed E-state index contributed by atoms with van der Waals surface area (Å²) >= 11 is 0. The monoisotopic (exact) mass is 830 g/mol. The van der Waals surface area contributed by atoms with Gasteiger partial charge in [0.2, 0.25) is 11.8 Å². The molecule has 2 fully saturated rings. The molecule has 0 saturated carbocycles. The van der Waals surface area contributed by atoms with Crippen LogP contribution in [0.1, 0.15) is 83.7 Å². The first-order chi connectivity index (χ1) is 29.1. The third-order valence-electron chi connectivity index (χ3n) is 12.2. The molecular formula is C47H58N8O6. The summed E-state index contributed by atoms with van der Waals surface area (Å²) in [5.74, 6) is 1.51. The fraction of sp³-hybridized carbons (Fsp3) is 0.447. The van der Waals surface area contributed by atoms with Crippen LogP contribution in [0.25, 0.3) is 44.5 Å². The zero-order chi connectivity index (χ0) is 43.7. The Morgan fingerprint density at radius 2 is 1.16 bits per heavy atom. The summed E-state index contributed by atoms with van der Waals surface area (Å²) in [6.45, 7) is 15.1. The number of rotatable bonds is 11. The lowest BCUT2D eigenvalue weighted by Crippen LogP contribution is -2.51. The fourth-order valence-electron chi connectivity index (χ4n) is 8.84. The summed E-state index contributed by atoms with van der Waals surface area (Å²) in [4.78, 5) is 72.1. The van der Waals surface area contributed by atoms with Crippen LogP contribution >= 0.6 is 0 Å². The fourth-order valence-corrected chi connectivity index (χ4v) is 8.84. The van der Waals surface area contributed by atoms with Crippen LogP contribution in [0, 0.1) is 30.6 Å². The van der Waals surface area contributed by atoms with Crippen molar-refractivity contribution in [2.45, 2.75) is 85.5 Å². The summed E-state index contributed by atoms with van der Waals surface area (Å²) in [6.07, 6.45) is 2.10. The van der Waals surface area contributed by atoms with E-state index in [9.17, 15) is 19.2 Å². The normalized spacial score (nSPS) is 20.0. The van der Waals surface area contributed by atoms with Gasteiger partial charge in [-0.05, 0) is 89.0 Å². The Balaban J connectivity index is 1.05. The van der Waals surface area contributed by atoms with E-state index < -0.39 is 24.3 Å². The van der Waals surface area contributed by atoms with Gasteiger partial charge in [0.15, 0.2) is 0 Å². The number of aromatic nitrogens is 4. The number of alkyl carbamates (subject to hydrolysis) is 2. The zero-order valence-electron chi connectivity index (χ0n) is 36.5. The largest absolute Gasteiger partial charge is 0.453 e. The molecule has 2 aliphatic heterocycles. The van der Waals surface area contributed by atoms with E-state index in [2.05, 4.69) is 102 Å². The van der Waals surface area contributed by atoms with Crippen LogP contribution in [0.15, 0.2) is 66.9 Å². The number of hydrogen-bond donors (Lipinski definition) is 4. The van der Waals surface area contributed by atoms with E-state index in [1.54, 1.807) is 0 Å². The van der Waals surface area contributed by atoms with Crippen molar-refractivity contribution in [2.24, 2.45) is 23.7 Å². The number of aryl methyl sites for hydroxylation is 1. The van der Waals surface area contributed by atoms with E-state index in [0.29, 0.717) is 13.1 Å². The number of aromatic amines is 2. The molecule has 14 nitrogen and oxygen atoms in total. The minimum atomic E-state index is -0.704. The summed E-state index contributed by atoms with van der Waals surface area (Å²) in [5.41, 5.74) is 8.99.